The number of carbonyl (C=O) groups is 1. The van der Waals surface area contributed by atoms with Gasteiger partial charge < -0.3 is 10.0 Å². The van der Waals surface area contributed by atoms with E-state index in [9.17, 15) is 4.79 Å². The average Bonchev–Trinajstić information content (AvgIpc) is 2.36. The van der Waals surface area contributed by atoms with Gasteiger partial charge in [-0.2, -0.15) is 0 Å². The number of pyridine rings is 1. The summed E-state index contributed by atoms with van der Waals surface area (Å²) in [5, 5.41) is 9.79. The number of halogens is 1. The number of nitrogens with zero attached hydrogens (tertiary/aromatic N) is 2. The number of hydrogen-bond donors (Lipinski definition) is 1. The number of rotatable bonds is 7. The van der Waals surface area contributed by atoms with E-state index in [0.717, 1.165) is 25.4 Å². The molecule has 0 aliphatic carbocycles. The van der Waals surface area contributed by atoms with Gasteiger partial charge in [-0.25, -0.2) is 9.78 Å². The highest BCUT2D eigenvalue weighted by atomic mass is 35.5. The molecule has 1 N–H and O–H groups in total. The lowest BCUT2D eigenvalue weighted by atomic mass is 10.3. The van der Waals surface area contributed by atoms with Gasteiger partial charge in [0.05, 0.1) is 10.0 Å². The van der Waals surface area contributed by atoms with Gasteiger partial charge in [-0.3, -0.25) is 0 Å². The van der Waals surface area contributed by atoms with Gasteiger partial charge in [-0.15, -0.1) is 11.8 Å². The zero-order chi connectivity index (χ0) is 13.5. The number of aromatic nitrogens is 1. The molecule has 0 amide bonds. The summed E-state index contributed by atoms with van der Waals surface area (Å²) in [6.45, 7) is 7.25. The van der Waals surface area contributed by atoms with Crippen molar-refractivity contribution in [2.24, 2.45) is 0 Å². The predicted octanol–water partition coefficient (Wildman–Crippen LogP) is 2.87. The lowest BCUT2D eigenvalue weighted by Gasteiger charge is -2.17. The maximum absolute atomic E-state index is 10.9. The molecule has 100 valence electrons. The van der Waals surface area contributed by atoms with Gasteiger partial charge in [0.1, 0.15) is 0 Å². The Hall–Kier alpha value is -0.780. The molecule has 0 unspecified atom stereocenters. The van der Waals surface area contributed by atoms with Crippen LogP contribution >= 0.6 is 23.4 Å². The van der Waals surface area contributed by atoms with Crippen molar-refractivity contribution in [3.63, 3.8) is 0 Å². The molecule has 0 atom stereocenters. The molecule has 1 aromatic rings. The normalized spacial score (nSPS) is 10.9. The maximum atomic E-state index is 10.9. The van der Waals surface area contributed by atoms with Crippen LogP contribution in [0, 0.1) is 0 Å². The first-order valence-electron chi connectivity index (χ1n) is 5.83. The summed E-state index contributed by atoms with van der Waals surface area (Å²) in [6, 6.07) is 3.33. The molecule has 1 aromatic heterocycles. The second-order valence-electron chi connectivity index (χ2n) is 3.66. The number of hydrogen-bond acceptors (Lipinski definition) is 4. The van der Waals surface area contributed by atoms with E-state index in [1.165, 1.54) is 0 Å². The third-order valence-corrected chi connectivity index (χ3v) is 3.79. The molecule has 0 aliphatic heterocycles. The first-order valence-corrected chi connectivity index (χ1v) is 7.19. The fraction of sp³-hybridized carbons (Fsp3) is 0.500. The van der Waals surface area contributed by atoms with E-state index >= 15 is 0 Å². The highest BCUT2D eigenvalue weighted by molar-refractivity contribution is 7.99. The molecular formula is C12H17ClN2O2S. The molecule has 0 aromatic carbocycles. The Kier molecular flexibility index (Phi) is 6.46. The van der Waals surface area contributed by atoms with Crippen LogP contribution in [-0.4, -0.2) is 46.3 Å². The molecule has 1 rings (SSSR count). The Labute approximate surface area is 116 Å². The smallest absolute Gasteiger partial charge is 0.356 e. The Morgan fingerprint density at radius 2 is 2.11 bits per heavy atom. The zero-order valence-corrected chi connectivity index (χ0v) is 12.1. The number of carboxylic acids is 1. The molecule has 18 heavy (non-hydrogen) atoms. The van der Waals surface area contributed by atoms with Crippen molar-refractivity contribution in [2.45, 2.75) is 18.9 Å². The van der Waals surface area contributed by atoms with E-state index < -0.39 is 5.97 Å². The highest BCUT2D eigenvalue weighted by Gasteiger charge is 2.11. The fourth-order valence-electron chi connectivity index (χ4n) is 1.47. The van der Waals surface area contributed by atoms with Gasteiger partial charge in [0.2, 0.25) is 0 Å². The minimum atomic E-state index is -1.09. The molecule has 4 nitrogen and oxygen atoms in total. The van der Waals surface area contributed by atoms with Crippen LogP contribution in [0.2, 0.25) is 5.02 Å². The first kappa shape index (κ1) is 15.3. The summed E-state index contributed by atoms with van der Waals surface area (Å²) in [4.78, 5) is 17.2. The monoisotopic (exact) mass is 288 g/mol. The summed E-state index contributed by atoms with van der Waals surface area (Å²) >= 11 is 7.30. The van der Waals surface area contributed by atoms with Crippen LogP contribution < -0.4 is 0 Å². The van der Waals surface area contributed by atoms with Gasteiger partial charge in [0.25, 0.3) is 0 Å². The number of carboxylic acid groups (broad SMARTS) is 1. The zero-order valence-electron chi connectivity index (χ0n) is 10.5. The minimum absolute atomic E-state index is 0.0792. The topological polar surface area (TPSA) is 53.4 Å². The van der Waals surface area contributed by atoms with Crippen LogP contribution in [0.15, 0.2) is 17.2 Å². The molecule has 0 fully saturated rings. The quantitative estimate of drug-likeness (QED) is 0.782. The van der Waals surface area contributed by atoms with Crippen LogP contribution in [0.5, 0.6) is 0 Å². The van der Waals surface area contributed by atoms with E-state index in [-0.39, 0.29) is 10.7 Å². The Morgan fingerprint density at radius 1 is 1.44 bits per heavy atom. The standard InChI is InChI=1S/C12H17ClN2O2S/c1-3-15(4-2)7-8-18-10-6-5-9(13)11(14-10)12(16)17/h5-6H,3-4,7-8H2,1-2H3,(H,16,17). The molecule has 0 saturated carbocycles. The van der Waals surface area contributed by atoms with Crippen LogP contribution in [0.3, 0.4) is 0 Å². The van der Waals surface area contributed by atoms with Gasteiger partial charge in [0, 0.05) is 12.3 Å². The van der Waals surface area contributed by atoms with Crippen molar-refractivity contribution in [3.8, 4) is 0 Å². The molecular weight excluding hydrogens is 272 g/mol. The van der Waals surface area contributed by atoms with Gasteiger partial charge in [-0.05, 0) is 25.2 Å². The first-order chi connectivity index (χ1) is 8.58. The molecule has 0 radical (unpaired) electrons. The van der Waals surface area contributed by atoms with Crippen LogP contribution in [-0.2, 0) is 0 Å². The highest BCUT2D eigenvalue weighted by Crippen LogP contribution is 2.21. The molecule has 0 saturated heterocycles. The Bertz CT molecular complexity index is 411. The molecule has 0 spiro atoms. The van der Waals surface area contributed by atoms with E-state index in [1.807, 2.05) is 0 Å². The summed E-state index contributed by atoms with van der Waals surface area (Å²) < 4.78 is 0. The third kappa shape index (κ3) is 4.48. The van der Waals surface area contributed by atoms with Gasteiger partial charge in [0.15, 0.2) is 5.69 Å². The van der Waals surface area contributed by atoms with Crippen LogP contribution in [0.4, 0.5) is 0 Å². The van der Waals surface area contributed by atoms with E-state index in [4.69, 9.17) is 16.7 Å². The SMILES string of the molecule is CCN(CC)CCSc1ccc(Cl)c(C(=O)O)n1. The summed E-state index contributed by atoms with van der Waals surface area (Å²) in [5.41, 5.74) is -0.0792. The Morgan fingerprint density at radius 3 is 2.67 bits per heavy atom. The largest absolute Gasteiger partial charge is 0.476 e. The molecule has 6 heteroatoms. The second kappa shape index (κ2) is 7.61. The van der Waals surface area contributed by atoms with E-state index in [2.05, 4.69) is 23.7 Å². The molecule has 0 bridgehead atoms. The molecule has 1 heterocycles. The lowest BCUT2D eigenvalue weighted by Crippen LogP contribution is -2.25. The molecule has 0 aliphatic rings. The summed E-state index contributed by atoms with van der Waals surface area (Å²) in [6.07, 6.45) is 0. The van der Waals surface area contributed by atoms with Gasteiger partial charge in [-0.1, -0.05) is 25.4 Å². The van der Waals surface area contributed by atoms with Crippen LogP contribution in [0.1, 0.15) is 24.3 Å². The van der Waals surface area contributed by atoms with Crippen molar-refractivity contribution in [1.29, 1.82) is 0 Å². The Balaban J connectivity index is 2.58. The van der Waals surface area contributed by atoms with E-state index in [0.29, 0.717) is 5.03 Å². The van der Waals surface area contributed by atoms with Crippen molar-refractivity contribution >= 4 is 29.3 Å². The van der Waals surface area contributed by atoms with Crippen molar-refractivity contribution in [1.82, 2.24) is 9.88 Å². The fourth-order valence-corrected chi connectivity index (χ4v) is 2.54. The van der Waals surface area contributed by atoms with Crippen molar-refractivity contribution in [2.75, 3.05) is 25.4 Å². The predicted molar refractivity (Wildman–Crippen MR) is 74.7 cm³/mol. The van der Waals surface area contributed by atoms with Crippen molar-refractivity contribution in [3.05, 3.63) is 22.8 Å². The average molecular weight is 289 g/mol. The summed E-state index contributed by atoms with van der Waals surface area (Å²) in [5.74, 6) is -0.207. The third-order valence-electron chi connectivity index (χ3n) is 2.57. The maximum Gasteiger partial charge on any atom is 0.356 e. The van der Waals surface area contributed by atoms with Crippen molar-refractivity contribution < 1.29 is 9.90 Å². The van der Waals surface area contributed by atoms with E-state index in [1.54, 1.807) is 23.9 Å². The van der Waals surface area contributed by atoms with Crippen LogP contribution in [0.25, 0.3) is 0 Å². The summed E-state index contributed by atoms with van der Waals surface area (Å²) in [7, 11) is 0. The number of thioether (sulfide) groups is 1. The number of aromatic carboxylic acids is 1. The van der Waals surface area contributed by atoms with Gasteiger partial charge >= 0.3 is 5.97 Å². The second-order valence-corrected chi connectivity index (χ2v) is 5.18. The lowest BCUT2D eigenvalue weighted by molar-refractivity contribution is 0.0690. The minimum Gasteiger partial charge on any atom is -0.476 e.